The van der Waals surface area contributed by atoms with Gasteiger partial charge in [-0.1, -0.05) is 6.07 Å². The molecule has 1 saturated heterocycles. The summed E-state index contributed by atoms with van der Waals surface area (Å²) in [6.07, 6.45) is 1.46. The van der Waals surface area contributed by atoms with Gasteiger partial charge in [-0.15, -0.1) is 0 Å². The van der Waals surface area contributed by atoms with Gasteiger partial charge in [0.2, 0.25) is 0 Å². The van der Waals surface area contributed by atoms with E-state index in [1.807, 2.05) is 0 Å². The summed E-state index contributed by atoms with van der Waals surface area (Å²) >= 11 is 0. The number of nitrogens with zero attached hydrogens (tertiary/aromatic N) is 1. The maximum absolute atomic E-state index is 13.8. The van der Waals surface area contributed by atoms with Crippen molar-refractivity contribution in [1.29, 1.82) is 0 Å². The number of ether oxygens (including phenoxy) is 2. The number of rotatable bonds is 3. The molecular weight excluding hydrogens is 282 g/mol. The summed E-state index contributed by atoms with van der Waals surface area (Å²) in [5, 5.41) is 6.13. The molecule has 2 aromatic rings. The number of carbonyl (C=O) groups excluding carboxylic acids is 1. The van der Waals surface area contributed by atoms with Crippen molar-refractivity contribution in [2.75, 3.05) is 13.2 Å². The zero-order valence-electron chi connectivity index (χ0n) is 10.9. The normalized spacial score (nSPS) is 17.9. The highest BCUT2D eigenvalue weighted by Crippen LogP contribution is 2.28. The van der Waals surface area contributed by atoms with Crippen LogP contribution in [0.5, 0.6) is 0 Å². The number of halogens is 2. The number of esters is 1. The predicted octanol–water partition coefficient (Wildman–Crippen LogP) is 2.30. The molecule has 3 rings (SSSR count). The number of H-pyrrole nitrogens is 1. The fourth-order valence-electron chi connectivity index (χ4n) is 2.19. The van der Waals surface area contributed by atoms with Gasteiger partial charge in [0.15, 0.2) is 0 Å². The van der Waals surface area contributed by atoms with Gasteiger partial charge in [0, 0.05) is 6.42 Å². The van der Waals surface area contributed by atoms with E-state index in [1.165, 1.54) is 12.3 Å². The van der Waals surface area contributed by atoms with Crippen LogP contribution in [-0.2, 0) is 9.47 Å². The summed E-state index contributed by atoms with van der Waals surface area (Å²) in [6.45, 7) is 0.852. The Morgan fingerprint density at radius 1 is 1.38 bits per heavy atom. The molecule has 0 amide bonds. The largest absolute Gasteiger partial charge is 0.456 e. The SMILES string of the molecule is O=C(OC1CCOC1)c1cn[nH]c1-c1c(F)cccc1F. The van der Waals surface area contributed by atoms with Gasteiger partial charge in [-0.2, -0.15) is 5.10 Å². The van der Waals surface area contributed by atoms with Crippen LogP contribution in [0, 0.1) is 11.6 Å². The first-order chi connectivity index (χ1) is 10.2. The molecule has 1 aromatic carbocycles. The molecule has 0 radical (unpaired) electrons. The molecule has 110 valence electrons. The van der Waals surface area contributed by atoms with Gasteiger partial charge in [0.05, 0.1) is 30.7 Å². The summed E-state index contributed by atoms with van der Waals surface area (Å²) in [6, 6.07) is 3.47. The number of aromatic amines is 1. The molecule has 1 N–H and O–H groups in total. The second-order valence-electron chi connectivity index (χ2n) is 4.65. The Balaban J connectivity index is 1.91. The highest BCUT2D eigenvalue weighted by molar-refractivity contribution is 5.96. The average molecular weight is 294 g/mol. The molecule has 7 heteroatoms. The van der Waals surface area contributed by atoms with E-state index in [4.69, 9.17) is 9.47 Å². The lowest BCUT2D eigenvalue weighted by molar-refractivity contribution is 0.0271. The fourth-order valence-corrected chi connectivity index (χ4v) is 2.19. The lowest BCUT2D eigenvalue weighted by Gasteiger charge is -2.10. The first kappa shape index (κ1) is 13.7. The van der Waals surface area contributed by atoms with E-state index in [-0.39, 0.29) is 22.9 Å². The average Bonchev–Trinajstić information content (AvgIpc) is 3.09. The maximum atomic E-state index is 13.8. The Bertz CT molecular complexity index is 646. The molecule has 1 aliphatic rings. The summed E-state index contributed by atoms with van der Waals surface area (Å²) in [5.41, 5.74) is -0.370. The van der Waals surface area contributed by atoms with Crippen molar-refractivity contribution in [1.82, 2.24) is 10.2 Å². The van der Waals surface area contributed by atoms with E-state index < -0.39 is 17.6 Å². The van der Waals surface area contributed by atoms with Crippen LogP contribution in [0.25, 0.3) is 11.3 Å². The van der Waals surface area contributed by atoms with Crippen molar-refractivity contribution in [3.8, 4) is 11.3 Å². The molecule has 1 atom stereocenters. The van der Waals surface area contributed by atoms with Gasteiger partial charge in [-0.3, -0.25) is 5.10 Å². The van der Waals surface area contributed by atoms with Crippen LogP contribution in [0.3, 0.4) is 0 Å². The van der Waals surface area contributed by atoms with Crippen molar-refractivity contribution in [2.45, 2.75) is 12.5 Å². The Morgan fingerprint density at radius 3 is 2.81 bits per heavy atom. The molecule has 1 fully saturated rings. The Hall–Kier alpha value is -2.28. The standard InChI is InChI=1S/C14H12F2N2O3/c15-10-2-1-3-11(16)12(10)13-9(6-17-18-13)14(19)21-8-4-5-20-7-8/h1-3,6,8H,4-5,7H2,(H,17,18). The lowest BCUT2D eigenvalue weighted by Crippen LogP contribution is -2.18. The van der Waals surface area contributed by atoms with Crippen molar-refractivity contribution >= 4 is 5.97 Å². The van der Waals surface area contributed by atoms with Crippen molar-refractivity contribution in [3.05, 3.63) is 41.6 Å². The van der Waals surface area contributed by atoms with E-state index in [0.717, 1.165) is 12.1 Å². The van der Waals surface area contributed by atoms with E-state index in [2.05, 4.69) is 10.2 Å². The predicted molar refractivity (Wildman–Crippen MR) is 68.6 cm³/mol. The molecular formula is C14H12F2N2O3. The quantitative estimate of drug-likeness (QED) is 0.882. The molecule has 1 unspecified atom stereocenters. The Morgan fingerprint density at radius 2 is 2.14 bits per heavy atom. The van der Waals surface area contributed by atoms with Crippen LogP contribution in [0.1, 0.15) is 16.8 Å². The van der Waals surface area contributed by atoms with E-state index in [9.17, 15) is 13.6 Å². The van der Waals surface area contributed by atoms with Crippen LogP contribution in [0.4, 0.5) is 8.78 Å². The second-order valence-corrected chi connectivity index (χ2v) is 4.65. The Kier molecular flexibility index (Phi) is 3.66. The summed E-state index contributed by atoms with van der Waals surface area (Å²) in [5.74, 6) is -2.24. The first-order valence-electron chi connectivity index (χ1n) is 6.43. The molecule has 0 spiro atoms. The summed E-state index contributed by atoms with van der Waals surface area (Å²) in [4.78, 5) is 12.1. The molecule has 0 aliphatic carbocycles. The zero-order chi connectivity index (χ0) is 14.8. The number of hydrogen-bond donors (Lipinski definition) is 1. The number of aromatic nitrogens is 2. The molecule has 1 aromatic heterocycles. The summed E-state index contributed by atoms with van der Waals surface area (Å²) in [7, 11) is 0. The smallest absolute Gasteiger partial charge is 0.342 e. The van der Waals surface area contributed by atoms with Gasteiger partial charge in [0.25, 0.3) is 0 Å². The van der Waals surface area contributed by atoms with Crippen molar-refractivity contribution in [2.24, 2.45) is 0 Å². The monoisotopic (exact) mass is 294 g/mol. The minimum atomic E-state index is -0.780. The number of carbonyl (C=O) groups is 1. The maximum Gasteiger partial charge on any atom is 0.342 e. The third-order valence-electron chi connectivity index (χ3n) is 3.23. The van der Waals surface area contributed by atoms with Gasteiger partial charge in [-0.05, 0) is 12.1 Å². The summed E-state index contributed by atoms with van der Waals surface area (Å²) < 4.78 is 37.9. The molecule has 1 aliphatic heterocycles. The first-order valence-corrected chi connectivity index (χ1v) is 6.43. The van der Waals surface area contributed by atoms with Gasteiger partial charge in [-0.25, -0.2) is 13.6 Å². The minimum Gasteiger partial charge on any atom is -0.456 e. The van der Waals surface area contributed by atoms with E-state index in [0.29, 0.717) is 19.6 Å². The van der Waals surface area contributed by atoms with Crippen molar-refractivity contribution in [3.63, 3.8) is 0 Å². The van der Waals surface area contributed by atoms with Crippen LogP contribution in [0.15, 0.2) is 24.4 Å². The Labute approximate surface area is 118 Å². The molecule has 21 heavy (non-hydrogen) atoms. The van der Waals surface area contributed by atoms with Gasteiger partial charge < -0.3 is 9.47 Å². The number of hydrogen-bond acceptors (Lipinski definition) is 4. The van der Waals surface area contributed by atoms with E-state index >= 15 is 0 Å². The highest BCUT2D eigenvalue weighted by atomic mass is 19.1. The van der Waals surface area contributed by atoms with Crippen LogP contribution < -0.4 is 0 Å². The van der Waals surface area contributed by atoms with Crippen LogP contribution in [-0.4, -0.2) is 35.5 Å². The molecule has 5 nitrogen and oxygen atoms in total. The number of nitrogens with one attached hydrogen (secondary N) is 1. The minimum absolute atomic E-state index is 0.00843. The number of benzene rings is 1. The third kappa shape index (κ3) is 2.64. The van der Waals surface area contributed by atoms with Gasteiger partial charge in [0.1, 0.15) is 23.3 Å². The van der Waals surface area contributed by atoms with Crippen molar-refractivity contribution < 1.29 is 23.0 Å². The second kappa shape index (κ2) is 5.61. The highest BCUT2D eigenvalue weighted by Gasteiger charge is 2.25. The molecule has 0 bridgehead atoms. The van der Waals surface area contributed by atoms with Crippen LogP contribution >= 0.6 is 0 Å². The third-order valence-corrected chi connectivity index (χ3v) is 3.23. The topological polar surface area (TPSA) is 64.2 Å². The fraction of sp³-hybridized carbons (Fsp3) is 0.286. The van der Waals surface area contributed by atoms with Crippen LogP contribution in [0.2, 0.25) is 0 Å². The zero-order valence-corrected chi connectivity index (χ0v) is 10.9. The molecule has 0 saturated carbocycles. The lowest BCUT2D eigenvalue weighted by atomic mass is 10.1. The van der Waals surface area contributed by atoms with Gasteiger partial charge >= 0.3 is 5.97 Å². The van der Waals surface area contributed by atoms with E-state index in [1.54, 1.807) is 0 Å². The molecule has 2 heterocycles.